The van der Waals surface area contributed by atoms with Gasteiger partial charge in [-0.15, -0.1) is 0 Å². The molecule has 4 heteroatoms. The molecule has 2 rings (SSSR count). The smallest absolute Gasteiger partial charge is 0.137 e. The van der Waals surface area contributed by atoms with Gasteiger partial charge < -0.3 is 5.32 Å². The quantitative estimate of drug-likeness (QED) is 0.863. The van der Waals surface area contributed by atoms with Crippen molar-refractivity contribution in [1.82, 2.24) is 20.5 Å². The summed E-state index contributed by atoms with van der Waals surface area (Å²) in [6.07, 6.45) is 7.96. The summed E-state index contributed by atoms with van der Waals surface area (Å²) >= 11 is 0. The fourth-order valence-electron chi connectivity index (χ4n) is 3.14. The van der Waals surface area contributed by atoms with Crippen molar-refractivity contribution in [1.29, 1.82) is 0 Å². The Balaban J connectivity index is 1.82. The van der Waals surface area contributed by atoms with Crippen LogP contribution in [0, 0.1) is 11.3 Å². The molecule has 0 aromatic carbocycles. The molecule has 102 valence electrons. The Morgan fingerprint density at radius 1 is 1.33 bits per heavy atom. The fourth-order valence-corrected chi connectivity index (χ4v) is 3.14. The van der Waals surface area contributed by atoms with Crippen LogP contribution >= 0.6 is 0 Å². The molecule has 0 radical (unpaired) electrons. The normalized spacial score (nSPS) is 25.3. The topological polar surface area (TPSA) is 53.6 Å². The predicted octanol–water partition coefficient (Wildman–Crippen LogP) is 2.54. The number of nitrogens with one attached hydrogen (secondary N) is 2. The van der Waals surface area contributed by atoms with E-state index in [2.05, 4.69) is 41.3 Å². The lowest BCUT2D eigenvalue weighted by Crippen LogP contribution is -2.44. The molecule has 0 aliphatic heterocycles. The van der Waals surface area contributed by atoms with Crippen molar-refractivity contribution < 1.29 is 0 Å². The summed E-state index contributed by atoms with van der Waals surface area (Å²) in [5.74, 6) is 1.77. The zero-order chi connectivity index (χ0) is 13.0. The van der Waals surface area contributed by atoms with Crippen LogP contribution < -0.4 is 5.32 Å². The first kappa shape index (κ1) is 13.5. The first-order valence-electron chi connectivity index (χ1n) is 7.15. The molecule has 2 atom stereocenters. The zero-order valence-corrected chi connectivity index (χ0v) is 11.9. The van der Waals surface area contributed by atoms with Gasteiger partial charge >= 0.3 is 0 Å². The Bertz CT molecular complexity index is 339. The summed E-state index contributed by atoms with van der Waals surface area (Å²) in [5.41, 5.74) is 0.407. The Morgan fingerprint density at radius 3 is 2.78 bits per heavy atom. The number of aromatic amines is 1. The number of hydrogen-bond acceptors (Lipinski definition) is 3. The van der Waals surface area contributed by atoms with E-state index in [1.165, 1.54) is 25.7 Å². The van der Waals surface area contributed by atoms with Gasteiger partial charge in [0.05, 0.1) is 0 Å². The van der Waals surface area contributed by atoms with Gasteiger partial charge in [-0.25, -0.2) is 4.98 Å². The molecule has 1 fully saturated rings. The van der Waals surface area contributed by atoms with Crippen molar-refractivity contribution in [3.05, 3.63) is 12.2 Å². The van der Waals surface area contributed by atoms with Crippen LogP contribution in [-0.2, 0) is 6.42 Å². The Labute approximate surface area is 110 Å². The lowest BCUT2D eigenvalue weighted by molar-refractivity contribution is 0.131. The summed E-state index contributed by atoms with van der Waals surface area (Å²) < 4.78 is 0. The number of H-pyrrole nitrogens is 1. The van der Waals surface area contributed by atoms with Gasteiger partial charge in [0.15, 0.2) is 0 Å². The average molecular weight is 250 g/mol. The second-order valence-corrected chi connectivity index (χ2v) is 6.50. The monoisotopic (exact) mass is 250 g/mol. The van der Waals surface area contributed by atoms with Crippen molar-refractivity contribution in [3.63, 3.8) is 0 Å². The van der Waals surface area contributed by atoms with E-state index in [-0.39, 0.29) is 0 Å². The molecule has 4 nitrogen and oxygen atoms in total. The third-order valence-electron chi connectivity index (χ3n) is 4.11. The molecule has 18 heavy (non-hydrogen) atoms. The molecule has 0 saturated heterocycles. The fraction of sp³-hybridized carbons (Fsp3) is 0.857. The van der Waals surface area contributed by atoms with Crippen LogP contribution in [0.15, 0.2) is 6.33 Å². The molecule has 1 aromatic rings. The minimum Gasteiger partial charge on any atom is -0.313 e. The largest absolute Gasteiger partial charge is 0.313 e. The first-order chi connectivity index (χ1) is 8.57. The van der Waals surface area contributed by atoms with Crippen LogP contribution in [-0.4, -0.2) is 27.8 Å². The highest BCUT2D eigenvalue weighted by molar-refractivity contribution is 4.89. The van der Waals surface area contributed by atoms with Gasteiger partial charge in [0.2, 0.25) is 0 Å². The van der Waals surface area contributed by atoms with E-state index in [9.17, 15) is 0 Å². The van der Waals surface area contributed by atoms with Crippen LogP contribution in [0.3, 0.4) is 0 Å². The van der Waals surface area contributed by atoms with Gasteiger partial charge in [-0.05, 0) is 24.2 Å². The van der Waals surface area contributed by atoms with Crippen molar-refractivity contribution >= 4 is 0 Å². The Hall–Kier alpha value is -0.900. The number of rotatable bonds is 4. The SMILES string of the molecule is CC(C)(C)C1CCCCC1NCCc1ncn[nH]1. The van der Waals surface area contributed by atoms with E-state index in [4.69, 9.17) is 0 Å². The molecule has 2 N–H and O–H groups in total. The molecule has 0 bridgehead atoms. The summed E-state index contributed by atoms with van der Waals surface area (Å²) in [4.78, 5) is 4.16. The maximum atomic E-state index is 4.16. The van der Waals surface area contributed by atoms with Crippen LogP contribution in [0.2, 0.25) is 0 Å². The number of hydrogen-bond donors (Lipinski definition) is 2. The van der Waals surface area contributed by atoms with Crippen LogP contribution in [0.1, 0.15) is 52.3 Å². The molecule has 0 amide bonds. The first-order valence-corrected chi connectivity index (χ1v) is 7.15. The second kappa shape index (κ2) is 5.83. The highest BCUT2D eigenvalue weighted by Gasteiger charge is 2.33. The van der Waals surface area contributed by atoms with E-state index in [0.717, 1.165) is 24.7 Å². The maximum absolute atomic E-state index is 4.16. The molecule has 2 unspecified atom stereocenters. The number of aromatic nitrogens is 3. The van der Waals surface area contributed by atoms with Gasteiger partial charge in [-0.2, -0.15) is 5.10 Å². The average Bonchev–Trinajstić information content (AvgIpc) is 2.81. The van der Waals surface area contributed by atoms with Gasteiger partial charge in [-0.3, -0.25) is 5.10 Å². The van der Waals surface area contributed by atoms with Gasteiger partial charge in [-0.1, -0.05) is 33.6 Å². The van der Waals surface area contributed by atoms with Crippen molar-refractivity contribution in [3.8, 4) is 0 Å². The highest BCUT2D eigenvalue weighted by atomic mass is 15.2. The van der Waals surface area contributed by atoms with Crippen molar-refractivity contribution in [2.75, 3.05) is 6.54 Å². The molecule has 1 aromatic heterocycles. The van der Waals surface area contributed by atoms with E-state index in [1.807, 2.05) is 0 Å². The summed E-state index contributed by atoms with van der Waals surface area (Å²) in [5, 5.41) is 10.5. The molecule has 1 aliphatic rings. The molecular weight excluding hydrogens is 224 g/mol. The Kier molecular flexibility index (Phi) is 4.38. The maximum Gasteiger partial charge on any atom is 0.137 e. The van der Waals surface area contributed by atoms with E-state index in [1.54, 1.807) is 6.33 Å². The van der Waals surface area contributed by atoms with Crippen LogP contribution in [0.5, 0.6) is 0 Å². The van der Waals surface area contributed by atoms with E-state index < -0.39 is 0 Å². The molecular formula is C14H26N4. The molecule has 1 saturated carbocycles. The van der Waals surface area contributed by atoms with E-state index in [0.29, 0.717) is 11.5 Å². The standard InChI is InChI=1S/C14H26N4/c1-14(2,3)11-6-4-5-7-12(11)15-9-8-13-16-10-17-18-13/h10-12,15H,4-9H2,1-3H3,(H,16,17,18). The summed E-state index contributed by atoms with van der Waals surface area (Å²) in [6, 6.07) is 0.668. The molecule has 1 heterocycles. The third kappa shape index (κ3) is 3.55. The lowest BCUT2D eigenvalue weighted by Gasteiger charge is -2.41. The number of nitrogens with zero attached hydrogens (tertiary/aromatic N) is 2. The lowest BCUT2D eigenvalue weighted by atomic mass is 9.69. The predicted molar refractivity (Wildman–Crippen MR) is 73.3 cm³/mol. The zero-order valence-electron chi connectivity index (χ0n) is 11.9. The minimum absolute atomic E-state index is 0.407. The highest BCUT2D eigenvalue weighted by Crippen LogP contribution is 2.37. The summed E-state index contributed by atoms with van der Waals surface area (Å²) in [7, 11) is 0. The summed E-state index contributed by atoms with van der Waals surface area (Å²) in [6.45, 7) is 8.10. The minimum atomic E-state index is 0.407. The molecule has 0 spiro atoms. The van der Waals surface area contributed by atoms with Crippen molar-refractivity contribution in [2.45, 2.75) is 58.9 Å². The molecule has 1 aliphatic carbocycles. The van der Waals surface area contributed by atoms with Gasteiger partial charge in [0.25, 0.3) is 0 Å². The van der Waals surface area contributed by atoms with Crippen LogP contribution in [0.25, 0.3) is 0 Å². The van der Waals surface area contributed by atoms with Crippen molar-refractivity contribution in [2.24, 2.45) is 11.3 Å². The van der Waals surface area contributed by atoms with E-state index >= 15 is 0 Å². The van der Waals surface area contributed by atoms with Gasteiger partial charge in [0.1, 0.15) is 12.2 Å². The van der Waals surface area contributed by atoms with Crippen LogP contribution in [0.4, 0.5) is 0 Å². The Morgan fingerprint density at radius 2 is 2.11 bits per heavy atom. The second-order valence-electron chi connectivity index (χ2n) is 6.50. The van der Waals surface area contributed by atoms with Gasteiger partial charge in [0, 0.05) is 19.0 Å². The third-order valence-corrected chi connectivity index (χ3v) is 4.11.